The van der Waals surface area contributed by atoms with E-state index in [1.54, 1.807) is 4.68 Å². The molecule has 0 N–H and O–H groups in total. The second-order valence-electron chi connectivity index (χ2n) is 3.04. The molecule has 0 unspecified atom stereocenters. The maximum Gasteiger partial charge on any atom is 0.264 e. The lowest BCUT2D eigenvalue weighted by Crippen LogP contribution is -1.92. The summed E-state index contributed by atoms with van der Waals surface area (Å²) in [4.78, 5) is 3.95. The molecule has 5 nitrogen and oxygen atoms in total. The largest absolute Gasteiger partial charge is 0.333 e. The summed E-state index contributed by atoms with van der Waals surface area (Å²) in [6.07, 6.45) is 0. The van der Waals surface area contributed by atoms with Gasteiger partial charge in [0, 0.05) is 12.7 Å². The van der Waals surface area contributed by atoms with E-state index in [0.29, 0.717) is 5.89 Å². The van der Waals surface area contributed by atoms with Crippen LogP contribution in [0.25, 0.3) is 11.5 Å². The maximum absolute atomic E-state index is 5.58. The Morgan fingerprint density at radius 2 is 2.07 bits per heavy atom. The lowest BCUT2D eigenvalue weighted by atomic mass is 10.2. The van der Waals surface area contributed by atoms with Gasteiger partial charge in [-0.3, -0.25) is 4.68 Å². The molecule has 0 atom stereocenters. The van der Waals surface area contributed by atoms with Gasteiger partial charge in [0.2, 0.25) is 0 Å². The van der Waals surface area contributed by atoms with Crippen LogP contribution >= 0.6 is 11.6 Å². The highest BCUT2D eigenvalue weighted by atomic mass is 35.5. The second-order valence-corrected chi connectivity index (χ2v) is 3.38. The van der Waals surface area contributed by atoms with E-state index < -0.39 is 0 Å². The maximum atomic E-state index is 5.58. The Kier molecular flexibility index (Phi) is 2.03. The van der Waals surface area contributed by atoms with E-state index in [1.165, 1.54) is 0 Å². The monoisotopic (exact) mass is 212 g/mol. The zero-order chi connectivity index (χ0) is 10.3. The Morgan fingerprint density at radius 3 is 2.50 bits per heavy atom. The minimum atomic E-state index is 0.114. The molecule has 0 aliphatic heterocycles. The fourth-order valence-corrected chi connectivity index (χ4v) is 1.50. The third-order valence-electron chi connectivity index (χ3n) is 2.12. The Labute approximate surface area is 85.7 Å². The highest BCUT2D eigenvalue weighted by Gasteiger charge is 2.17. The van der Waals surface area contributed by atoms with Crippen LogP contribution in [0, 0.1) is 13.8 Å². The van der Waals surface area contributed by atoms with Gasteiger partial charge in [0.05, 0.1) is 11.3 Å². The molecule has 0 aromatic carbocycles. The average Bonchev–Trinajstić information content (AvgIpc) is 2.60. The van der Waals surface area contributed by atoms with Gasteiger partial charge in [0.1, 0.15) is 0 Å². The van der Waals surface area contributed by atoms with Gasteiger partial charge >= 0.3 is 0 Å². The predicted molar refractivity (Wildman–Crippen MR) is 51.0 cm³/mol. The standard InChI is InChI=1S/C8H9ClN4O/c1-4-6(5(2)13(3)11-4)7-10-8(9)12-14-7/h1-3H3. The number of aryl methyl sites for hydroxylation is 2. The molecule has 6 heteroatoms. The van der Waals surface area contributed by atoms with Crippen molar-refractivity contribution in [3.8, 4) is 11.5 Å². The molecule has 0 radical (unpaired) electrons. The number of hydrogen-bond acceptors (Lipinski definition) is 4. The van der Waals surface area contributed by atoms with E-state index >= 15 is 0 Å². The Hall–Kier alpha value is -1.36. The molecule has 2 rings (SSSR count). The van der Waals surface area contributed by atoms with Gasteiger partial charge in [-0.05, 0) is 30.6 Å². The lowest BCUT2D eigenvalue weighted by Gasteiger charge is -1.93. The van der Waals surface area contributed by atoms with Gasteiger partial charge < -0.3 is 4.52 Å². The Morgan fingerprint density at radius 1 is 1.36 bits per heavy atom. The molecule has 0 aliphatic carbocycles. The van der Waals surface area contributed by atoms with Crippen LogP contribution in [0.1, 0.15) is 11.4 Å². The van der Waals surface area contributed by atoms with E-state index in [2.05, 4.69) is 15.2 Å². The molecule has 0 saturated carbocycles. The lowest BCUT2D eigenvalue weighted by molar-refractivity contribution is 0.430. The van der Waals surface area contributed by atoms with Crippen molar-refractivity contribution in [1.82, 2.24) is 19.9 Å². The summed E-state index contributed by atoms with van der Waals surface area (Å²) in [6, 6.07) is 0. The zero-order valence-electron chi connectivity index (χ0n) is 8.08. The first-order chi connectivity index (χ1) is 6.59. The van der Waals surface area contributed by atoms with Gasteiger partial charge in [-0.15, -0.1) is 0 Å². The van der Waals surface area contributed by atoms with Crippen LogP contribution in [0.15, 0.2) is 4.52 Å². The molecular formula is C8H9ClN4O. The second kappa shape index (κ2) is 3.09. The first-order valence-corrected chi connectivity index (χ1v) is 4.47. The van der Waals surface area contributed by atoms with Crippen LogP contribution in [0.3, 0.4) is 0 Å². The van der Waals surface area contributed by atoms with Crippen molar-refractivity contribution in [2.75, 3.05) is 0 Å². The fourth-order valence-electron chi connectivity index (χ4n) is 1.39. The van der Waals surface area contributed by atoms with E-state index in [9.17, 15) is 0 Å². The Bertz CT molecular complexity index is 474. The molecule has 0 bridgehead atoms. The van der Waals surface area contributed by atoms with Gasteiger partial charge in [0.15, 0.2) is 0 Å². The van der Waals surface area contributed by atoms with Crippen molar-refractivity contribution in [2.24, 2.45) is 7.05 Å². The van der Waals surface area contributed by atoms with Crippen LogP contribution in [-0.4, -0.2) is 19.9 Å². The summed E-state index contributed by atoms with van der Waals surface area (Å²) in [5.74, 6) is 0.415. The van der Waals surface area contributed by atoms with Crippen molar-refractivity contribution < 1.29 is 4.52 Å². The van der Waals surface area contributed by atoms with Crippen LogP contribution < -0.4 is 0 Å². The molecule has 2 aromatic rings. The van der Waals surface area contributed by atoms with E-state index in [4.69, 9.17) is 16.1 Å². The highest BCUT2D eigenvalue weighted by Crippen LogP contribution is 2.25. The predicted octanol–water partition coefficient (Wildman–Crippen LogP) is 1.74. The molecule has 74 valence electrons. The van der Waals surface area contributed by atoms with Crippen LogP contribution in [0.4, 0.5) is 0 Å². The van der Waals surface area contributed by atoms with Gasteiger partial charge in [-0.1, -0.05) is 0 Å². The first kappa shape index (κ1) is 9.21. The highest BCUT2D eigenvalue weighted by molar-refractivity contribution is 6.28. The summed E-state index contributed by atoms with van der Waals surface area (Å²) < 4.78 is 6.75. The molecule has 2 heterocycles. The van der Waals surface area contributed by atoms with Gasteiger partial charge in [-0.2, -0.15) is 10.1 Å². The fraction of sp³-hybridized carbons (Fsp3) is 0.375. The molecule has 2 aromatic heterocycles. The molecule has 14 heavy (non-hydrogen) atoms. The third-order valence-corrected chi connectivity index (χ3v) is 2.28. The summed E-state index contributed by atoms with van der Waals surface area (Å²) in [7, 11) is 1.86. The van der Waals surface area contributed by atoms with Crippen molar-refractivity contribution in [2.45, 2.75) is 13.8 Å². The number of halogens is 1. The SMILES string of the molecule is Cc1nn(C)c(C)c1-c1nc(Cl)no1. The molecule has 0 aliphatic rings. The number of hydrogen-bond donors (Lipinski definition) is 0. The number of nitrogens with zero attached hydrogens (tertiary/aromatic N) is 4. The zero-order valence-corrected chi connectivity index (χ0v) is 8.83. The Balaban J connectivity index is 2.61. The van der Waals surface area contributed by atoms with Gasteiger partial charge in [0.25, 0.3) is 11.2 Å². The van der Waals surface area contributed by atoms with Crippen molar-refractivity contribution in [1.29, 1.82) is 0 Å². The third kappa shape index (κ3) is 1.29. The topological polar surface area (TPSA) is 56.7 Å². The molecule has 0 fully saturated rings. The van der Waals surface area contributed by atoms with Crippen LogP contribution in [-0.2, 0) is 7.05 Å². The number of aromatic nitrogens is 4. The summed E-state index contributed by atoms with van der Waals surface area (Å²) >= 11 is 5.58. The van der Waals surface area contributed by atoms with Crippen molar-refractivity contribution in [3.05, 3.63) is 16.7 Å². The minimum absolute atomic E-state index is 0.114. The van der Waals surface area contributed by atoms with Crippen molar-refractivity contribution in [3.63, 3.8) is 0 Å². The van der Waals surface area contributed by atoms with Crippen LogP contribution in [0.2, 0.25) is 5.28 Å². The molecule has 0 amide bonds. The first-order valence-electron chi connectivity index (χ1n) is 4.09. The normalized spacial score (nSPS) is 10.9. The molecule has 0 spiro atoms. The van der Waals surface area contributed by atoms with E-state index in [-0.39, 0.29) is 5.28 Å². The summed E-state index contributed by atoms with van der Waals surface area (Å²) in [5, 5.41) is 7.88. The number of rotatable bonds is 1. The van der Waals surface area contributed by atoms with Crippen molar-refractivity contribution >= 4 is 11.6 Å². The van der Waals surface area contributed by atoms with E-state index in [1.807, 2.05) is 20.9 Å². The molecule has 0 saturated heterocycles. The smallest absolute Gasteiger partial charge is 0.264 e. The average molecular weight is 213 g/mol. The molecular weight excluding hydrogens is 204 g/mol. The summed E-state index contributed by atoms with van der Waals surface area (Å²) in [6.45, 7) is 3.83. The minimum Gasteiger partial charge on any atom is -0.333 e. The summed E-state index contributed by atoms with van der Waals surface area (Å²) in [5.41, 5.74) is 2.68. The van der Waals surface area contributed by atoms with Crippen LogP contribution in [0.5, 0.6) is 0 Å². The van der Waals surface area contributed by atoms with Gasteiger partial charge in [-0.25, -0.2) is 0 Å². The van der Waals surface area contributed by atoms with E-state index in [0.717, 1.165) is 17.0 Å². The quantitative estimate of drug-likeness (QED) is 0.723.